The lowest BCUT2D eigenvalue weighted by atomic mass is 10.1. The van der Waals surface area contributed by atoms with Crippen molar-refractivity contribution in [3.8, 4) is 0 Å². The molecule has 8 heteroatoms. The second-order valence-electron chi connectivity index (χ2n) is 5.35. The summed E-state index contributed by atoms with van der Waals surface area (Å²) in [6.45, 7) is -0.451. The second kappa shape index (κ2) is 9.07. The van der Waals surface area contributed by atoms with Gasteiger partial charge in [-0.3, -0.25) is 14.4 Å². The third-order valence-electron chi connectivity index (χ3n) is 3.40. The monoisotopic (exact) mass is 355 g/mol. The van der Waals surface area contributed by atoms with Gasteiger partial charge in [0.2, 0.25) is 0 Å². The van der Waals surface area contributed by atoms with Crippen LogP contribution in [0, 0.1) is 0 Å². The van der Waals surface area contributed by atoms with Crippen LogP contribution in [0.25, 0.3) is 0 Å². The molecule has 2 aromatic carbocycles. The summed E-state index contributed by atoms with van der Waals surface area (Å²) in [6, 6.07) is 13.3. The van der Waals surface area contributed by atoms with Crippen LogP contribution in [0.15, 0.2) is 58.8 Å². The third-order valence-corrected chi connectivity index (χ3v) is 3.40. The number of hydrogen-bond donors (Lipinski definition) is 3. The van der Waals surface area contributed by atoms with Crippen molar-refractivity contribution < 1.29 is 24.6 Å². The summed E-state index contributed by atoms with van der Waals surface area (Å²) in [5.41, 5.74) is 2.18. The van der Waals surface area contributed by atoms with Gasteiger partial charge in [0.15, 0.2) is 0 Å². The van der Waals surface area contributed by atoms with Crippen molar-refractivity contribution >= 4 is 29.2 Å². The Bertz CT molecular complexity index is 831. The summed E-state index contributed by atoms with van der Waals surface area (Å²) in [4.78, 5) is 32.9. The van der Waals surface area contributed by atoms with Gasteiger partial charge in [0, 0.05) is 12.0 Å². The summed E-state index contributed by atoms with van der Waals surface area (Å²) >= 11 is 0. The normalized spacial score (nSPS) is 10.6. The van der Waals surface area contributed by atoms with E-state index < -0.39 is 24.4 Å². The summed E-state index contributed by atoms with van der Waals surface area (Å²) in [6.07, 6.45) is 0.361. The highest BCUT2D eigenvalue weighted by atomic mass is 16.4. The molecule has 0 fully saturated rings. The van der Waals surface area contributed by atoms with Crippen LogP contribution in [0.1, 0.15) is 22.3 Å². The van der Waals surface area contributed by atoms with Gasteiger partial charge in [-0.15, -0.1) is 0 Å². The van der Waals surface area contributed by atoms with Gasteiger partial charge in [0.25, 0.3) is 5.91 Å². The lowest BCUT2D eigenvalue weighted by Gasteiger charge is -2.03. The van der Waals surface area contributed by atoms with Crippen LogP contribution in [0.4, 0.5) is 11.4 Å². The molecule has 2 rings (SSSR count). The number of aliphatic carboxylic acids is 2. The maximum absolute atomic E-state index is 11.7. The first-order valence-corrected chi connectivity index (χ1v) is 7.77. The number of carboxylic acid groups (broad SMARTS) is 2. The van der Waals surface area contributed by atoms with Gasteiger partial charge in [-0.2, -0.15) is 10.2 Å². The molecule has 3 N–H and O–H groups in total. The molecule has 26 heavy (non-hydrogen) atoms. The minimum absolute atomic E-state index is 0.00663. The topological polar surface area (TPSA) is 128 Å². The van der Waals surface area contributed by atoms with E-state index in [1.54, 1.807) is 36.4 Å². The molecule has 0 aliphatic heterocycles. The molecule has 1 amide bonds. The zero-order valence-electron chi connectivity index (χ0n) is 13.8. The first-order valence-electron chi connectivity index (χ1n) is 7.77. The van der Waals surface area contributed by atoms with E-state index in [0.29, 0.717) is 23.4 Å². The molecule has 0 spiro atoms. The molecule has 8 nitrogen and oxygen atoms in total. The predicted molar refractivity (Wildman–Crippen MR) is 93.0 cm³/mol. The third kappa shape index (κ3) is 5.82. The van der Waals surface area contributed by atoms with Gasteiger partial charge in [0.05, 0.1) is 11.4 Å². The highest BCUT2D eigenvalue weighted by Gasteiger charge is 2.07. The zero-order valence-corrected chi connectivity index (χ0v) is 13.8. The largest absolute Gasteiger partial charge is 0.481 e. The van der Waals surface area contributed by atoms with Gasteiger partial charge < -0.3 is 15.5 Å². The first kappa shape index (κ1) is 18.8. The Labute approximate surface area is 149 Å². The average molecular weight is 355 g/mol. The molecule has 0 aliphatic carbocycles. The van der Waals surface area contributed by atoms with Gasteiger partial charge in [-0.25, -0.2) is 0 Å². The maximum Gasteiger partial charge on any atom is 0.322 e. The Kier molecular flexibility index (Phi) is 6.55. The SMILES string of the molecule is O=C(O)CCc1ccccc1N=Nc1ccc(C(=O)NCC(=O)O)cc1. The number of carboxylic acids is 2. The molecular formula is C18H17N3O5. The number of rotatable bonds is 8. The Morgan fingerprint density at radius 3 is 2.23 bits per heavy atom. The molecule has 0 aromatic heterocycles. The maximum atomic E-state index is 11.7. The molecule has 0 saturated heterocycles. The van der Waals surface area contributed by atoms with E-state index in [-0.39, 0.29) is 6.42 Å². The molecule has 2 aromatic rings. The number of azo groups is 1. The average Bonchev–Trinajstić information content (AvgIpc) is 2.63. The zero-order chi connectivity index (χ0) is 18.9. The van der Waals surface area contributed by atoms with E-state index >= 15 is 0 Å². The van der Waals surface area contributed by atoms with Crippen molar-refractivity contribution in [3.05, 3.63) is 59.7 Å². The number of benzene rings is 2. The highest BCUT2D eigenvalue weighted by molar-refractivity contribution is 5.95. The van der Waals surface area contributed by atoms with Gasteiger partial charge in [0.1, 0.15) is 6.54 Å². The van der Waals surface area contributed by atoms with Crippen LogP contribution < -0.4 is 5.32 Å². The van der Waals surface area contributed by atoms with Crippen LogP contribution >= 0.6 is 0 Å². The van der Waals surface area contributed by atoms with Crippen molar-refractivity contribution in [2.45, 2.75) is 12.8 Å². The summed E-state index contributed by atoms with van der Waals surface area (Å²) in [7, 11) is 0. The standard InChI is InChI=1S/C18H17N3O5/c22-16(23)10-7-12-3-1-2-4-15(12)21-20-14-8-5-13(6-9-14)18(26)19-11-17(24)25/h1-6,8-9H,7,10-11H2,(H,19,26)(H,22,23)(H,24,25). The second-order valence-corrected chi connectivity index (χ2v) is 5.35. The van der Waals surface area contributed by atoms with Crippen molar-refractivity contribution in [2.24, 2.45) is 10.2 Å². The van der Waals surface area contributed by atoms with Crippen molar-refractivity contribution in [1.29, 1.82) is 0 Å². The Morgan fingerprint density at radius 1 is 0.885 bits per heavy atom. The summed E-state index contributed by atoms with van der Waals surface area (Å²) < 4.78 is 0. The van der Waals surface area contributed by atoms with Crippen LogP contribution in [-0.2, 0) is 16.0 Å². The van der Waals surface area contributed by atoms with Crippen LogP contribution in [0.2, 0.25) is 0 Å². The highest BCUT2D eigenvalue weighted by Crippen LogP contribution is 2.23. The number of carbonyl (C=O) groups is 3. The van der Waals surface area contributed by atoms with Gasteiger partial charge in [-0.1, -0.05) is 18.2 Å². The minimum atomic E-state index is -1.12. The van der Waals surface area contributed by atoms with Crippen molar-refractivity contribution in [3.63, 3.8) is 0 Å². The summed E-state index contributed by atoms with van der Waals surface area (Å²) in [5, 5.41) is 27.8. The van der Waals surface area contributed by atoms with Crippen LogP contribution in [0.3, 0.4) is 0 Å². The molecule has 0 unspecified atom stereocenters. The van der Waals surface area contributed by atoms with Crippen molar-refractivity contribution in [2.75, 3.05) is 6.54 Å². The number of carbonyl (C=O) groups excluding carboxylic acids is 1. The molecule has 0 bridgehead atoms. The molecule has 0 radical (unpaired) electrons. The van der Waals surface area contributed by atoms with Gasteiger partial charge >= 0.3 is 11.9 Å². The lowest BCUT2D eigenvalue weighted by molar-refractivity contribution is -0.137. The number of aryl methyl sites for hydroxylation is 1. The fraction of sp³-hybridized carbons (Fsp3) is 0.167. The first-order chi connectivity index (χ1) is 12.5. The Morgan fingerprint density at radius 2 is 1.58 bits per heavy atom. The molecule has 0 aliphatic rings. The fourth-order valence-electron chi connectivity index (χ4n) is 2.11. The van der Waals surface area contributed by atoms with E-state index in [1.165, 1.54) is 12.1 Å². The Balaban J connectivity index is 2.06. The van der Waals surface area contributed by atoms with E-state index in [1.807, 2.05) is 0 Å². The Hall–Kier alpha value is -3.55. The van der Waals surface area contributed by atoms with E-state index in [0.717, 1.165) is 5.56 Å². The number of nitrogens with zero attached hydrogens (tertiary/aromatic N) is 2. The minimum Gasteiger partial charge on any atom is -0.481 e. The molecule has 0 heterocycles. The molecular weight excluding hydrogens is 338 g/mol. The van der Waals surface area contributed by atoms with Crippen LogP contribution in [-0.4, -0.2) is 34.6 Å². The van der Waals surface area contributed by atoms with E-state index in [9.17, 15) is 14.4 Å². The number of nitrogens with one attached hydrogen (secondary N) is 1. The molecule has 0 saturated carbocycles. The lowest BCUT2D eigenvalue weighted by Crippen LogP contribution is -2.29. The van der Waals surface area contributed by atoms with Crippen molar-refractivity contribution in [1.82, 2.24) is 5.32 Å². The smallest absolute Gasteiger partial charge is 0.322 e. The van der Waals surface area contributed by atoms with E-state index in [2.05, 4.69) is 15.5 Å². The molecule has 134 valence electrons. The number of amides is 1. The van der Waals surface area contributed by atoms with Crippen LogP contribution in [0.5, 0.6) is 0 Å². The van der Waals surface area contributed by atoms with Gasteiger partial charge in [-0.05, 0) is 42.3 Å². The summed E-state index contributed by atoms with van der Waals surface area (Å²) in [5.74, 6) is -2.49. The predicted octanol–water partition coefficient (Wildman–Crippen LogP) is 2.93. The van der Waals surface area contributed by atoms with E-state index in [4.69, 9.17) is 10.2 Å². The number of hydrogen-bond acceptors (Lipinski definition) is 5. The fourth-order valence-corrected chi connectivity index (χ4v) is 2.11. The molecule has 0 atom stereocenters. The quantitative estimate of drug-likeness (QED) is 0.627.